The molecule has 0 heterocycles. The zero-order valence-electron chi connectivity index (χ0n) is 11.2. The Bertz CT molecular complexity index is 469. The fourth-order valence-electron chi connectivity index (χ4n) is 1.59. The van der Waals surface area contributed by atoms with Gasteiger partial charge in [0.2, 0.25) is 0 Å². The van der Waals surface area contributed by atoms with E-state index in [2.05, 4.69) is 15.9 Å². The van der Waals surface area contributed by atoms with Gasteiger partial charge in [-0.25, -0.2) is 4.79 Å². The Morgan fingerprint density at radius 1 is 1.21 bits per heavy atom. The number of ether oxygens (including phenoxy) is 2. The molecule has 1 rings (SSSR count). The van der Waals surface area contributed by atoms with Crippen molar-refractivity contribution in [3.8, 4) is 5.75 Å². The lowest BCUT2D eigenvalue weighted by atomic mass is 10.0. The number of esters is 1. The first-order valence-corrected chi connectivity index (χ1v) is 7.05. The highest BCUT2D eigenvalue weighted by Crippen LogP contribution is 2.22. The van der Waals surface area contributed by atoms with Gasteiger partial charge in [0.15, 0.2) is 5.78 Å². The molecule has 0 saturated carbocycles. The zero-order valence-corrected chi connectivity index (χ0v) is 12.8. The molecular formula is C14H17BrO4. The third-order valence-electron chi connectivity index (χ3n) is 2.42. The number of benzene rings is 1. The summed E-state index contributed by atoms with van der Waals surface area (Å²) in [6.45, 7) is 6.04. The number of carbonyl (C=O) groups excluding carboxylic acids is 2. The predicted molar refractivity (Wildman–Crippen MR) is 76.3 cm³/mol. The summed E-state index contributed by atoms with van der Waals surface area (Å²) in [6, 6.07) is 4.82. The van der Waals surface area contributed by atoms with Gasteiger partial charge in [0.05, 0.1) is 23.6 Å². The van der Waals surface area contributed by atoms with Crippen LogP contribution in [-0.4, -0.2) is 29.8 Å². The third-order valence-corrected chi connectivity index (χ3v) is 2.84. The smallest absolute Gasteiger partial charge is 0.338 e. The summed E-state index contributed by atoms with van der Waals surface area (Å²) in [6.07, 6.45) is 0. The summed E-state index contributed by atoms with van der Waals surface area (Å²) in [5, 5.41) is 0. The number of halogens is 1. The number of carbonyl (C=O) groups is 2. The molecule has 0 aliphatic rings. The summed E-state index contributed by atoms with van der Waals surface area (Å²) in [4.78, 5) is 23.6. The van der Waals surface area contributed by atoms with E-state index in [0.29, 0.717) is 17.9 Å². The molecule has 0 spiro atoms. The molecule has 1 atom stereocenters. The quantitative estimate of drug-likeness (QED) is 0.457. The SMILES string of the molecule is CCOC(=O)c1cc(OCC)ccc1C(=O)C(C)Br. The maximum absolute atomic E-state index is 12.0. The van der Waals surface area contributed by atoms with Gasteiger partial charge in [-0.15, -0.1) is 0 Å². The molecule has 1 unspecified atom stereocenters. The molecule has 0 radical (unpaired) electrons. The zero-order chi connectivity index (χ0) is 14.4. The minimum atomic E-state index is -0.513. The average molecular weight is 329 g/mol. The highest BCUT2D eigenvalue weighted by molar-refractivity contribution is 9.10. The van der Waals surface area contributed by atoms with Crippen LogP contribution in [0.4, 0.5) is 0 Å². The van der Waals surface area contributed by atoms with Crippen LogP contribution in [0.1, 0.15) is 41.5 Å². The molecule has 1 aromatic carbocycles. The molecule has 1 aromatic rings. The molecule has 0 aromatic heterocycles. The highest BCUT2D eigenvalue weighted by Gasteiger charge is 2.21. The summed E-state index contributed by atoms with van der Waals surface area (Å²) < 4.78 is 10.3. The normalized spacial score (nSPS) is 11.8. The van der Waals surface area contributed by atoms with Crippen LogP contribution in [0.2, 0.25) is 0 Å². The van der Waals surface area contributed by atoms with Gasteiger partial charge in [-0.2, -0.15) is 0 Å². The van der Waals surface area contributed by atoms with Crippen molar-refractivity contribution >= 4 is 27.7 Å². The summed E-state index contributed by atoms with van der Waals surface area (Å²) in [5.74, 6) is -0.129. The Morgan fingerprint density at radius 2 is 1.89 bits per heavy atom. The molecular weight excluding hydrogens is 312 g/mol. The topological polar surface area (TPSA) is 52.6 Å². The van der Waals surface area contributed by atoms with Gasteiger partial charge in [0, 0.05) is 5.56 Å². The molecule has 0 N–H and O–H groups in total. The minimum Gasteiger partial charge on any atom is -0.494 e. The number of ketones is 1. The van der Waals surface area contributed by atoms with E-state index in [-0.39, 0.29) is 22.8 Å². The van der Waals surface area contributed by atoms with Gasteiger partial charge in [0.25, 0.3) is 0 Å². The van der Waals surface area contributed by atoms with Gasteiger partial charge < -0.3 is 9.47 Å². The Kier molecular flexibility index (Phi) is 6.02. The highest BCUT2D eigenvalue weighted by atomic mass is 79.9. The van der Waals surface area contributed by atoms with E-state index in [1.54, 1.807) is 32.0 Å². The van der Waals surface area contributed by atoms with Crippen LogP contribution in [0.25, 0.3) is 0 Å². The van der Waals surface area contributed by atoms with Crippen molar-refractivity contribution in [1.29, 1.82) is 0 Å². The van der Waals surface area contributed by atoms with Crippen LogP contribution in [0.3, 0.4) is 0 Å². The molecule has 0 saturated heterocycles. The Labute approximate surface area is 121 Å². The van der Waals surface area contributed by atoms with Crippen LogP contribution in [0.15, 0.2) is 18.2 Å². The maximum atomic E-state index is 12.0. The van der Waals surface area contributed by atoms with Crippen LogP contribution in [0.5, 0.6) is 5.75 Å². The van der Waals surface area contributed by atoms with Crippen LogP contribution < -0.4 is 4.74 Å². The fourth-order valence-corrected chi connectivity index (χ4v) is 1.83. The van der Waals surface area contributed by atoms with Crippen molar-refractivity contribution in [1.82, 2.24) is 0 Å². The number of Topliss-reactive ketones (excluding diaryl/α,β-unsaturated/α-hetero) is 1. The van der Waals surface area contributed by atoms with E-state index in [9.17, 15) is 9.59 Å². The van der Waals surface area contributed by atoms with E-state index >= 15 is 0 Å². The van der Waals surface area contributed by atoms with Gasteiger partial charge in [-0.3, -0.25) is 4.79 Å². The number of hydrogen-bond acceptors (Lipinski definition) is 4. The second-order valence-electron chi connectivity index (χ2n) is 3.84. The van der Waals surface area contributed by atoms with Gasteiger partial charge in [-0.05, 0) is 39.0 Å². The first kappa shape index (κ1) is 15.7. The third kappa shape index (κ3) is 4.06. The van der Waals surface area contributed by atoms with E-state index < -0.39 is 5.97 Å². The first-order chi connectivity index (χ1) is 9.01. The van der Waals surface area contributed by atoms with Crippen molar-refractivity contribution in [2.75, 3.05) is 13.2 Å². The van der Waals surface area contributed by atoms with E-state index in [0.717, 1.165) is 0 Å². The van der Waals surface area contributed by atoms with Crippen molar-refractivity contribution < 1.29 is 19.1 Å². The summed E-state index contributed by atoms with van der Waals surface area (Å²) in [7, 11) is 0. The maximum Gasteiger partial charge on any atom is 0.338 e. The Balaban J connectivity index is 3.22. The lowest BCUT2D eigenvalue weighted by Gasteiger charge is -2.11. The molecule has 0 aliphatic heterocycles. The molecule has 0 fully saturated rings. The van der Waals surface area contributed by atoms with E-state index in [1.165, 1.54) is 0 Å². The standard InChI is InChI=1S/C14H17BrO4/c1-4-18-10-6-7-11(13(16)9(3)15)12(8-10)14(17)19-5-2/h6-9H,4-5H2,1-3H3. The van der Waals surface area contributed by atoms with E-state index in [4.69, 9.17) is 9.47 Å². The van der Waals surface area contributed by atoms with Crippen molar-refractivity contribution in [3.05, 3.63) is 29.3 Å². The lowest BCUT2D eigenvalue weighted by molar-refractivity contribution is 0.0522. The fraction of sp³-hybridized carbons (Fsp3) is 0.429. The van der Waals surface area contributed by atoms with Gasteiger partial charge in [0.1, 0.15) is 5.75 Å². The summed E-state index contributed by atoms with van der Waals surface area (Å²) >= 11 is 3.22. The molecule has 5 heteroatoms. The Morgan fingerprint density at radius 3 is 2.42 bits per heavy atom. The number of hydrogen-bond donors (Lipinski definition) is 0. The van der Waals surface area contributed by atoms with Crippen LogP contribution in [-0.2, 0) is 4.74 Å². The predicted octanol–water partition coefficient (Wildman–Crippen LogP) is 3.23. The lowest BCUT2D eigenvalue weighted by Crippen LogP contribution is -2.17. The number of alkyl halides is 1. The van der Waals surface area contributed by atoms with Crippen molar-refractivity contribution in [3.63, 3.8) is 0 Å². The van der Waals surface area contributed by atoms with Crippen molar-refractivity contribution in [2.45, 2.75) is 25.6 Å². The number of rotatable bonds is 6. The largest absolute Gasteiger partial charge is 0.494 e. The molecule has 4 nitrogen and oxygen atoms in total. The minimum absolute atomic E-state index is 0.161. The average Bonchev–Trinajstić information content (AvgIpc) is 2.38. The van der Waals surface area contributed by atoms with Gasteiger partial charge >= 0.3 is 5.97 Å². The molecule has 0 amide bonds. The van der Waals surface area contributed by atoms with Crippen LogP contribution >= 0.6 is 15.9 Å². The Hall–Kier alpha value is -1.36. The molecule has 0 aliphatic carbocycles. The second kappa shape index (κ2) is 7.28. The molecule has 104 valence electrons. The van der Waals surface area contributed by atoms with Gasteiger partial charge in [-0.1, -0.05) is 15.9 Å². The van der Waals surface area contributed by atoms with E-state index in [1.807, 2.05) is 6.92 Å². The summed E-state index contributed by atoms with van der Waals surface area (Å²) in [5.41, 5.74) is 0.579. The first-order valence-electron chi connectivity index (χ1n) is 6.13. The monoisotopic (exact) mass is 328 g/mol. The molecule has 19 heavy (non-hydrogen) atoms. The molecule has 0 bridgehead atoms. The van der Waals surface area contributed by atoms with Crippen LogP contribution in [0, 0.1) is 0 Å². The second-order valence-corrected chi connectivity index (χ2v) is 5.21. The van der Waals surface area contributed by atoms with Crippen molar-refractivity contribution in [2.24, 2.45) is 0 Å².